The number of aromatic carboxylic acids is 1. The summed E-state index contributed by atoms with van der Waals surface area (Å²) in [7, 11) is -3.68. The molecule has 1 aromatic rings. The number of rotatable bonds is 4. The largest absolute Gasteiger partial charge is 0.478 e. The first-order valence-electron chi connectivity index (χ1n) is 6.95. The lowest BCUT2D eigenvalue weighted by Gasteiger charge is -2.16. The van der Waals surface area contributed by atoms with E-state index >= 15 is 0 Å². The highest BCUT2D eigenvalue weighted by molar-refractivity contribution is 9.10. The molecule has 0 aromatic heterocycles. The van der Waals surface area contributed by atoms with Gasteiger partial charge in [0, 0.05) is 10.5 Å². The number of carboxylic acids is 1. The number of hydrogen-bond acceptors (Lipinski definition) is 3. The Kier molecular flexibility index (Phi) is 5.40. The van der Waals surface area contributed by atoms with E-state index in [2.05, 4.69) is 20.7 Å². The zero-order valence-electron chi connectivity index (χ0n) is 11.5. The van der Waals surface area contributed by atoms with Gasteiger partial charge < -0.3 is 5.11 Å². The zero-order chi connectivity index (χ0) is 15.5. The van der Waals surface area contributed by atoms with Gasteiger partial charge in [0.15, 0.2) is 0 Å². The summed E-state index contributed by atoms with van der Waals surface area (Å²) in [6.45, 7) is 0. The number of nitrogens with one attached hydrogen (secondary N) is 1. The molecule has 5 nitrogen and oxygen atoms in total. The molecular weight excluding hydrogens is 358 g/mol. The Hall–Kier alpha value is -0.920. The number of hydrogen-bond donors (Lipinski definition) is 2. The first-order chi connectivity index (χ1) is 9.90. The van der Waals surface area contributed by atoms with E-state index in [1.165, 1.54) is 18.2 Å². The van der Waals surface area contributed by atoms with E-state index < -0.39 is 16.0 Å². The van der Waals surface area contributed by atoms with E-state index in [1.807, 2.05) is 0 Å². The molecule has 0 unspecified atom stereocenters. The second-order valence-corrected chi connectivity index (χ2v) is 7.82. The van der Waals surface area contributed by atoms with Crippen LogP contribution < -0.4 is 4.72 Å². The Bertz CT molecular complexity index is 622. The number of halogens is 1. The molecule has 0 amide bonds. The molecule has 1 aromatic carbocycles. The Balaban J connectivity index is 2.22. The van der Waals surface area contributed by atoms with Gasteiger partial charge in [-0.3, -0.25) is 0 Å². The van der Waals surface area contributed by atoms with Gasteiger partial charge in [-0.2, -0.15) is 0 Å². The van der Waals surface area contributed by atoms with Crippen LogP contribution in [0.15, 0.2) is 27.6 Å². The molecule has 0 radical (unpaired) electrons. The smallest absolute Gasteiger partial charge is 0.336 e. The van der Waals surface area contributed by atoms with Crippen molar-refractivity contribution in [3.05, 3.63) is 28.2 Å². The van der Waals surface area contributed by atoms with Crippen molar-refractivity contribution < 1.29 is 18.3 Å². The number of carboxylic acid groups (broad SMARTS) is 1. The Labute approximate surface area is 132 Å². The van der Waals surface area contributed by atoms with Gasteiger partial charge in [0.1, 0.15) is 0 Å². The predicted octanol–water partition coefficient (Wildman–Crippen LogP) is 3.15. The van der Waals surface area contributed by atoms with Crippen LogP contribution in [0.5, 0.6) is 0 Å². The minimum atomic E-state index is -3.68. The lowest BCUT2D eigenvalue weighted by Crippen LogP contribution is -2.34. The fraction of sp³-hybridized carbons (Fsp3) is 0.500. The summed E-state index contributed by atoms with van der Waals surface area (Å²) < 4.78 is 27.8. The van der Waals surface area contributed by atoms with Gasteiger partial charge in [0.2, 0.25) is 10.0 Å². The van der Waals surface area contributed by atoms with Crippen LogP contribution in [0.2, 0.25) is 0 Å². The summed E-state index contributed by atoms with van der Waals surface area (Å²) in [6.07, 6.45) is 5.99. The van der Waals surface area contributed by atoms with Crippen LogP contribution in [-0.2, 0) is 10.0 Å². The fourth-order valence-electron chi connectivity index (χ4n) is 2.52. The van der Waals surface area contributed by atoms with E-state index in [1.54, 1.807) is 0 Å². The van der Waals surface area contributed by atoms with Gasteiger partial charge in [-0.25, -0.2) is 17.9 Å². The normalized spacial score (nSPS) is 17.4. The molecule has 21 heavy (non-hydrogen) atoms. The molecule has 0 bridgehead atoms. The molecule has 116 valence electrons. The molecule has 2 rings (SSSR count). The Morgan fingerprint density at radius 3 is 2.38 bits per heavy atom. The minimum Gasteiger partial charge on any atom is -0.478 e. The van der Waals surface area contributed by atoms with Crippen LogP contribution >= 0.6 is 15.9 Å². The van der Waals surface area contributed by atoms with Gasteiger partial charge in [-0.15, -0.1) is 0 Å². The van der Waals surface area contributed by atoms with Crippen molar-refractivity contribution in [3.63, 3.8) is 0 Å². The summed E-state index contributed by atoms with van der Waals surface area (Å²) in [5.41, 5.74) is -0.0567. The molecule has 1 aliphatic carbocycles. The second kappa shape index (κ2) is 6.89. The first-order valence-corrected chi connectivity index (χ1v) is 9.23. The third-order valence-corrected chi connectivity index (χ3v) is 5.87. The first kappa shape index (κ1) is 16.5. The fourth-order valence-corrected chi connectivity index (χ4v) is 4.27. The highest BCUT2D eigenvalue weighted by Crippen LogP contribution is 2.23. The molecule has 0 heterocycles. The Morgan fingerprint density at radius 1 is 1.19 bits per heavy atom. The summed E-state index contributed by atoms with van der Waals surface area (Å²) in [5, 5.41) is 9.07. The highest BCUT2D eigenvalue weighted by Gasteiger charge is 2.22. The summed E-state index contributed by atoms with van der Waals surface area (Å²) in [5.74, 6) is -1.16. The number of benzene rings is 1. The van der Waals surface area contributed by atoms with Crippen LogP contribution in [0.1, 0.15) is 48.9 Å². The van der Waals surface area contributed by atoms with Crippen LogP contribution in [0.3, 0.4) is 0 Å². The van der Waals surface area contributed by atoms with Crippen molar-refractivity contribution in [3.8, 4) is 0 Å². The standard InChI is InChI=1S/C14H18BrNO4S/c15-13-8-7-11(9-12(13)14(17)18)21(19,20)16-10-5-3-1-2-4-6-10/h7-10,16H,1-6H2,(H,17,18). The van der Waals surface area contributed by atoms with E-state index in [0.29, 0.717) is 4.47 Å². The van der Waals surface area contributed by atoms with Gasteiger partial charge in [0.25, 0.3) is 0 Å². The summed E-state index contributed by atoms with van der Waals surface area (Å²) in [6, 6.07) is 3.99. The average Bonchev–Trinajstić information content (AvgIpc) is 2.66. The minimum absolute atomic E-state index is 0.00709. The average molecular weight is 376 g/mol. The molecule has 7 heteroatoms. The molecule has 1 aliphatic rings. The van der Waals surface area contributed by atoms with Gasteiger partial charge in [-0.05, 0) is 47.0 Å². The maximum Gasteiger partial charge on any atom is 0.336 e. The quantitative estimate of drug-likeness (QED) is 0.791. The van der Waals surface area contributed by atoms with Crippen LogP contribution in [-0.4, -0.2) is 25.5 Å². The number of carbonyl (C=O) groups is 1. The third-order valence-electron chi connectivity index (χ3n) is 3.66. The van der Waals surface area contributed by atoms with Crippen molar-refractivity contribution in [1.82, 2.24) is 4.72 Å². The molecule has 1 saturated carbocycles. The molecule has 0 atom stereocenters. The SMILES string of the molecule is O=C(O)c1cc(S(=O)(=O)NC2CCCCCC2)ccc1Br. The lowest BCUT2D eigenvalue weighted by atomic mass is 10.1. The van der Waals surface area contributed by atoms with E-state index in [0.717, 1.165) is 38.5 Å². The van der Waals surface area contributed by atoms with E-state index in [-0.39, 0.29) is 16.5 Å². The van der Waals surface area contributed by atoms with Crippen LogP contribution in [0.4, 0.5) is 0 Å². The van der Waals surface area contributed by atoms with Gasteiger partial charge in [-0.1, -0.05) is 25.7 Å². The molecule has 0 spiro atoms. The predicted molar refractivity (Wildman–Crippen MR) is 82.9 cm³/mol. The van der Waals surface area contributed by atoms with Crippen LogP contribution in [0, 0.1) is 0 Å². The van der Waals surface area contributed by atoms with Crippen molar-refractivity contribution in [1.29, 1.82) is 0 Å². The maximum absolute atomic E-state index is 12.4. The van der Waals surface area contributed by atoms with Crippen molar-refractivity contribution in [2.24, 2.45) is 0 Å². The summed E-state index contributed by atoms with van der Waals surface area (Å²) in [4.78, 5) is 11.1. The molecule has 2 N–H and O–H groups in total. The highest BCUT2D eigenvalue weighted by atomic mass is 79.9. The van der Waals surface area contributed by atoms with Crippen molar-refractivity contribution in [2.45, 2.75) is 49.5 Å². The molecule has 0 saturated heterocycles. The van der Waals surface area contributed by atoms with Gasteiger partial charge >= 0.3 is 5.97 Å². The Morgan fingerprint density at radius 2 is 1.81 bits per heavy atom. The second-order valence-electron chi connectivity index (χ2n) is 5.26. The maximum atomic E-state index is 12.4. The van der Waals surface area contributed by atoms with Gasteiger partial charge in [0.05, 0.1) is 10.5 Å². The number of sulfonamides is 1. The van der Waals surface area contributed by atoms with Crippen LogP contribution in [0.25, 0.3) is 0 Å². The van der Waals surface area contributed by atoms with E-state index in [9.17, 15) is 13.2 Å². The lowest BCUT2D eigenvalue weighted by molar-refractivity contribution is 0.0695. The molecule has 0 aliphatic heterocycles. The third kappa shape index (κ3) is 4.28. The van der Waals surface area contributed by atoms with Crippen molar-refractivity contribution >= 4 is 31.9 Å². The topological polar surface area (TPSA) is 83.5 Å². The summed E-state index contributed by atoms with van der Waals surface area (Å²) >= 11 is 3.11. The monoisotopic (exact) mass is 375 g/mol. The zero-order valence-corrected chi connectivity index (χ0v) is 13.9. The molecule has 1 fully saturated rings. The van der Waals surface area contributed by atoms with Crippen molar-refractivity contribution in [2.75, 3.05) is 0 Å². The van der Waals surface area contributed by atoms with E-state index in [4.69, 9.17) is 5.11 Å². The molecular formula is C14H18BrNO4S.